The molecule has 1 saturated heterocycles. The van der Waals surface area contributed by atoms with Crippen molar-refractivity contribution in [2.45, 2.75) is 38.7 Å². The summed E-state index contributed by atoms with van der Waals surface area (Å²) in [6.45, 7) is 3.90. The van der Waals surface area contributed by atoms with E-state index in [1.54, 1.807) is 12.5 Å². The maximum Gasteiger partial charge on any atom is 0.223 e. The maximum absolute atomic E-state index is 12.5. The van der Waals surface area contributed by atoms with Gasteiger partial charge in [-0.2, -0.15) is 5.10 Å². The second-order valence-electron chi connectivity index (χ2n) is 6.47. The van der Waals surface area contributed by atoms with Gasteiger partial charge in [-0.1, -0.05) is 0 Å². The summed E-state index contributed by atoms with van der Waals surface area (Å²) >= 11 is 0. The molecule has 2 aromatic rings. The summed E-state index contributed by atoms with van der Waals surface area (Å²) in [4.78, 5) is 22.8. The third-order valence-electron chi connectivity index (χ3n) is 4.59. The number of aryl methyl sites for hydroxylation is 4. The van der Waals surface area contributed by atoms with E-state index in [1.165, 1.54) is 0 Å². The Morgan fingerprint density at radius 2 is 2.24 bits per heavy atom. The SMILES string of the molecule is Cc1cc(CC[C@@H]2CN(C(=O)CCc3ccnn3C)CCO2)ncn1. The average Bonchev–Trinajstić information content (AvgIpc) is 3.03. The van der Waals surface area contributed by atoms with Gasteiger partial charge in [-0.3, -0.25) is 9.48 Å². The highest BCUT2D eigenvalue weighted by atomic mass is 16.5. The zero-order valence-corrected chi connectivity index (χ0v) is 14.9. The van der Waals surface area contributed by atoms with Crippen LogP contribution in [0.25, 0.3) is 0 Å². The lowest BCUT2D eigenvalue weighted by molar-refractivity contribution is -0.138. The summed E-state index contributed by atoms with van der Waals surface area (Å²) in [6.07, 6.45) is 6.37. The molecule has 2 aromatic heterocycles. The maximum atomic E-state index is 12.5. The van der Waals surface area contributed by atoms with Crippen molar-refractivity contribution in [1.82, 2.24) is 24.6 Å². The fraction of sp³-hybridized carbons (Fsp3) is 0.556. The first-order valence-electron chi connectivity index (χ1n) is 8.75. The lowest BCUT2D eigenvalue weighted by Gasteiger charge is -2.33. The largest absolute Gasteiger partial charge is 0.375 e. The Hall–Kier alpha value is -2.28. The van der Waals surface area contributed by atoms with E-state index in [4.69, 9.17) is 4.74 Å². The number of hydrogen-bond donors (Lipinski definition) is 0. The number of amides is 1. The minimum absolute atomic E-state index is 0.0738. The molecule has 0 saturated carbocycles. The summed E-state index contributed by atoms with van der Waals surface area (Å²) in [7, 11) is 1.90. The van der Waals surface area contributed by atoms with E-state index in [0.717, 1.165) is 36.3 Å². The zero-order valence-electron chi connectivity index (χ0n) is 14.9. The van der Waals surface area contributed by atoms with Crippen LogP contribution in [0.3, 0.4) is 0 Å². The number of aromatic nitrogens is 4. The normalized spacial score (nSPS) is 17.7. The Balaban J connectivity index is 1.47. The van der Waals surface area contributed by atoms with Crippen molar-refractivity contribution in [3.05, 3.63) is 41.7 Å². The summed E-state index contributed by atoms with van der Waals surface area (Å²) in [6, 6.07) is 3.96. The average molecular weight is 343 g/mol. The van der Waals surface area contributed by atoms with E-state index in [1.807, 2.05) is 35.7 Å². The molecule has 0 aliphatic carbocycles. The smallest absolute Gasteiger partial charge is 0.223 e. The molecule has 1 aliphatic rings. The van der Waals surface area contributed by atoms with Crippen LogP contribution >= 0.6 is 0 Å². The number of carbonyl (C=O) groups excluding carboxylic acids is 1. The number of hydrogen-bond acceptors (Lipinski definition) is 5. The van der Waals surface area contributed by atoms with Gasteiger partial charge in [-0.15, -0.1) is 0 Å². The first-order chi connectivity index (χ1) is 12.1. The molecule has 1 aliphatic heterocycles. The van der Waals surface area contributed by atoms with Crippen LogP contribution in [0.15, 0.2) is 24.7 Å². The van der Waals surface area contributed by atoms with Crippen molar-refractivity contribution in [2.75, 3.05) is 19.7 Å². The van der Waals surface area contributed by atoms with Crippen LogP contribution in [0.2, 0.25) is 0 Å². The fourth-order valence-electron chi connectivity index (χ4n) is 3.12. The number of ether oxygens (including phenoxy) is 1. The minimum Gasteiger partial charge on any atom is -0.375 e. The van der Waals surface area contributed by atoms with Crippen LogP contribution < -0.4 is 0 Å². The van der Waals surface area contributed by atoms with E-state index >= 15 is 0 Å². The van der Waals surface area contributed by atoms with Gasteiger partial charge in [-0.05, 0) is 38.3 Å². The van der Waals surface area contributed by atoms with Crippen molar-refractivity contribution < 1.29 is 9.53 Å². The third-order valence-corrected chi connectivity index (χ3v) is 4.59. The molecular weight excluding hydrogens is 318 g/mol. The van der Waals surface area contributed by atoms with E-state index in [2.05, 4.69) is 15.1 Å². The molecule has 3 heterocycles. The molecular formula is C18H25N5O2. The fourth-order valence-corrected chi connectivity index (χ4v) is 3.12. The van der Waals surface area contributed by atoms with Crippen LogP contribution in [-0.4, -0.2) is 56.4 Å². The predicted molar refractivity (Wildman–Crippen MR) is 92.9 cm³/mol. The second kappa shape index (κ2) is 8.20. The molecule has 0 radical (unpaired) electrons. The minimum atomic E-state index is 0.0738. The molecule has 1 atom stereocenters. The van der Waals surface area contributed by atoms with Gasteiger partial charge in [-0.25, -0.2) is 9.97 Å². The number of nitrogens with zero attached hydrogens (tertiary/aromatic N) is 5. The van der Waals surface area contributed by atoms with E-state index in [-0.39, 0.29) is 12.0 Å². The van der Waals surface area contributed by atoms with Gasteiger partial charge in [0.2, 0.25) is 5.91 Å². The van der Waals surface area contributed by atoms with Gasteiger partial charge in [0.05, 0.1) is 12.7 Å². The van der Waals surface area contributed by atoms with Gasteiger partial charge in [0.15, 0.2) is 0 Å². The van der Waals surface area contributed by atoms with Crippen LogP contribution in [0.4, 0.5) is 0 Å². The van der Waals surface area contributed by atoms with Crippen molar-refractivity contribution in [1.29, 1.82) is 0 Å². The topological polar surface area (TPSA) is 73.1 Å². The summed E-state index contributed by atoms with van der Waals surface area (Å²) in [5, 5.41) is 4.14. The van der Waals surface area contributed by atoms with Gasteiger partial charge in [0.1, 0.15) is 6.33 Å². The summed E-state index contributed by atoms with van der Waals surface area (Å²) < 4.78 is 7.65. The van der Waals surface area contributed by atoms with Gasteiger partial charge < -0.3 is 9.64 Å². The van der Waals surface area contributed by atoms with E-state index in [9.17, 15) is 4.79 Å². The Morgan fingerprint density at radius 3 is 3.00 bits per heavy atom. The summed E-state index contributed by atoms with van der Waals surface area (Å²) in [5.74, 6) is 0.187. The monoisotopic (exact) mass is 343 g/mol. The Morgan fingerprint density at radius 1 is 1.36 bits per heavy atom. The lowest BCUT2D eigenvalue weighted by Crippen LogP contribution is -2.45. The lowest BCUT2D eigenvalue weighted by atomic mass is 10.1. The third kappa shape index (κ3) is 4.85. The van der Waals surface area contributed by atoms with E-state index in [0.29, 0.717) is 26.1 Å². The Bertz CT molecular complexity index is 715. The highest BCUT2D eigenvalue weighted by Gasteiger charge is 2.24. The predicted octanol–water partition coefficient (Wildman–Crippen LogP) is 1.31. The van der Waals surface area contributed by atoms with Crippen molar-refractivity contribution in [3.63, 3.8) is 0 Å². The molecule has 0 N–H and O–H groups in total. The molecule has 25 heavy (non-hydrogen) atoms. The quantitative estimate of drug-likeness (QED) is 0.791. The Labute approximate surface area is 148 Å². The zero-order chi connectivity index (χ0) is 17.6. The highest BCUT2D eigenvalue weighted by molar-refractivity contribution is 5.76. The molecule has 7 nitrogen and oxygen atoms in total. The molecule has 1 fully saturated rings. The van der Waals surface area contributed by atoms with E-state index < -0.39 is 0 Å². The second-order valence-corrected chi connectivity index (χ2v) is 6.47. The number of rotatable bonds is 6. The molecule has 0 spiro atoms. The van der Waals surface area contributed by atoms with Gasteiger partial charge >= 0.3 is 0 Å². The van der Waals surface area contributed by atoms with Crippen molar-refractivity contribution in [3.8, 4) is 0 Å². The standard InChI is InChI=1S/C18H25N5O2/c1-14-11-15(20-13-19-14)3-5-17-12-23(9-10-25-17)18(24)6-4-16-7-8-21-22(16)2/h7-8,11,13,17H,3-6,9-10,12H2,1-2H3/t17-/m1/s1. The molecule has 7 heteroatoms. The van der Waals surface area contributed by atoms with Gasteiger partial charge in [0, 0.05) is 49.8 Å². The molecule has 134 valence electrons. The molecule has 0 bridgehead atoms. The highest BCUT2D eigenvalue weighted by Crippen LogP contribution is 2.14. The molecule has 1 amide bonds. The molecule has 0 unspecified atom stereocenters. The van der Waals surface area contributed by atoms with Crippen LogP contribution in [0.5, 0.6) is 0 Å². The summed E-state index contributed by atoms with van der Waals surface area (Å²) in [5.41, 5.74) is 3.08. The molecule has 0 aromatic carbocycles. The van der Waals surface area contributed by atoms with Gasteiger partial charge in [0.25, 0.3) is 0 Å². The Kier molecular flexibility index (Phi) is 5.75. The van der Waals surface area contributed by atoms with Crippen LogP contribution in [0.1, 0.15) is 29.9 Å². The van der Waals surface area contributed by atoms with Crippen molar-refractivity contribution >= 4 is 5.91 Å². The number of morpholine rings is 1. The van der Waals surface area contributed by atoms with Crippen molar-refractivity contribution in [2.24, 2.45) is 7.05 Å². The van der Waals surface area contributed by atoms with Crippen LogP contribution in [-0.2, 0) is 29.4 Å². The first-order valence-corrected chi connectivity index (χ1v) is 8.75. The first kappa shape index (κ1) is 17.5. The van der Waals surface area contributed by atoms with Crippen LogP contribution in [0, 0.1) is 6.92 Å². The molecule has 3 rings (SSSR count). The number of carbonyl (C=O) groups is 1.